The molecule has 1 heterocycles. The zero-order valence-electron chi connectivity index (χ0n) is 20.7. The van der Waals surface area contributed by atoms with E-state index in [0.717, 1.165) is 4.90 Å². The van der Waals surface area contributed by atoms with E-state index in [-0.39, 0.29) is 24.6 Å². The third-order valence-electron chi connectivity index (χ3n) is 6.34. The largest absolute Gasteiger partial charge is 0.453 e. The van der Waals surface area contributed by atoms with Crippen molar-refractivity contribution in [2.75, 3.05) is 20.7 Å². The summed E-state index contributed by atoms with van der Waals surface area (Å²) in [4.78, 5) is 27.6. The number of carbonyl (C=O) groups excluding carboxylic acids is 2. The highest BCUT2D eigenvalue weighted by molar-refractivity contribution is 5.75. The van der Waals surface area contributed by atoms with Gasteiger partial charge in [0.25, 0.3) is 0 Å². The van der Waals surface area contributed by atoms with Gasteiger partial charge in [0.2, 0.25) is 0 Å². The van der Waals surface area contributed by atoms with E-state index in [1.54, 1.807) is 6.92 Å². The minimum atomic E-state index is -5.02. The van der Waals surface area contributed by atoms with E-state index in [1.165, 1.54) is 37.3 Å². The van der Waals surface area contributed by atoms with Gasteiger partial charge in [0.15, 0.2) is 0 Å². The Morgan fingerprint density at radius 2 is 1.66 bits per heavy atom. The molecule has 0 spiro atoms. The van der Waals surface area contributed by atoms with Crippen LogP contribution in [-0.2, 0) is 23.6 Å². The van der Waals surface area contributed by atoms with Crippen molar-refractivity contribution in [1.82, 2.24) is 15.1 Å². The van der Waals surface area contributed by atoms with Crippen molar-refractivity contribution < 1.29 is 45.1 Å². The van der Waals surface area contributed by atoms with Gasteiger partial charge < -0.3 is 19.9 Å². The van der Waals surface area contributed by atoms with Crippen LogP contribution in [0.3, 0.4) is 0 Å². The Hall–Kier alpha value is -3.51. The van der Waals surface area contributed by atoms with Crippen LogP contribution in [0.2, 0.25) is 0 Å². The summed E-state index contributed by atoms with van der Waals surface area (Å²) in [5.74, 6) is -0.494. The number of halogens is 7. The second-order valence-corrected chi connectivity index (χ2v) is 9.12. The maximum absolute atomic E-state index is 13.7. The number of carbonyl (C=O) groups is 2. The van der Waals surface area contributed by atoms with Gasteiger partial charge in [-0.15, -0.1) is 0 Å². The van der Waals surface area contributed by atoms with Crippen LogP contribution in [0.4, 0.5) is 40.3 Å². The second kappa shape index (κ2) is 11.1. The first kappa shape index (κ1) is 29.1. The van der Waals surface area contributed by atoms with Crippen molar-refractivity contribution >= 4 is 12.1 Å². The molecule has 0 aromatic heterocycles. The Morgan fingerprint density at radius 1 is 1.05 bits per heavy atom. The van der Waals surface area contributed by atoms with Gasteiger partial charge in [-0.3, -0.25) is 0 Å². The van der Waals surface area contributed by atoms with Gasteiger partial charge in [0.1, 0.15) is 5.82 Å². The summed E-state index contributed by atoms with van der Waals surface area (Å²) in [6.07, 6.45) is -10.2. The van der Waals surface area contributed by atoms with Crippen LogP contribution >= 0.6 is 0 Å². The van der Waals surface area contributed by atoms with Crippen LogP contribution in [0.5, 0.6) is 0 Å². The van der Waals surface area contributed by atoms with Crippen LogP contribution in [0.1, 0.15) is 46.7 Å². The lowest BCUT2D eigenvalue weighted by atomic mass is 9.89. The fraction of sp³-hybridized carbons (Fsp3) is 0.440. The lowest BCUT2D eigenvalue weighted by molar-refractivity contribution is -0.143. The lowest BCUT2D eigenvalue weighted by Gasteiger charge is -2.42. The number of alkyl halides is 6. The Balaban J connectivity index is 1.90. The molecule has 0 saturated carbocycles. The van der Waals surface area contributed by atoms with E-state index in [9.17, 15) is 40.3 Å². The summed E-state index contributed by atoms with van der Waals surface area (Å²) in [6, 6.07) is 3.46. The molecular formula is C25H26F7N3O3. The van der Waals surface area contributed by atoms with E-state index >= 15 is 0 Å². The molecule has 1 saturated heterocycles. The highest BCUT2D eigenvalue weighted by Gasteiger charge is 2.38. The van der Waals surface area contributed by atoms with Crippen molar-refractivity contribution in [3.63, 3.8) is 0 Å². The molecule has 6 nitrogen and oxygen atoms in total. The topological polar surface area (TPSA) is 61.9 Å². The first-order valence-electron chi connectivity index (χ1n) is 11.5. The smallest absolute Gasteiger partial charge is 0.416 e. The van der Waals surface area contributed by atoms with Gasteiger partial charge in [-0.1, -0.05) is 6.07 Å². The van der Waals surface area contributed by atoms with Crippen LogP contribution < -0.4 is 5.32 Å². The number of piperidine rings is 1. The zero-order valence-corrected chi connectivity index (χ0v) is 20.7. The third-order valence-corrected chi connectivity index (χ3v) is 6.34. The number of likely N-dealkylation sites (tertiary alicyclic amines) is 1. The van der Waals surface area contributed by atoms with E-state index < -0.39 is 60.0 Å². The van der Waals surface area contributed by atoms with Gasteiger partial charge in [-0.25, -0.2) is 14.0 Å². The predicted molar refractivity (Wildman–Crippen MR) is 122 cm³/mol. The summed E-state index contributed by atoms with van der Waals surface area (Å²) < 4.78 is 97.9. The van der Waals surface area contributed by atoms with E-state index in [1.807, 2.05) is 0 Å². The molecule has 0 unspecified atom stereocenters. The molecule has 1 fully saturated rings. The SMILES string of the molecule is COC(=O)N[C@H]1CCN(C(=O)N(C)Cc2cc(C(F)(F)F)cc(C(F)(F)F)c2)[C@@H](c2ccc(F)cc2C)C1. The van der Waals surface area contributed by atoms with Crippen molar-refractivity contribution in [3.8, 4) is 0 Å². The molecule has 2 aromatic carbocycles. The quantitative estimate of drug-likeness (QED) is 0.457. The van der Waals surface area contributed by atoms with Crippen molar-refractivity contribution in [1.29, 1.82) is 0 Å². The summed E-state index contributed by atoms with van der Waals surface area (Å²) in [6.45, 7) is 1.22. The Labute approximate surface area is 214 Å². The van der Waals surface area contributed by atoms with Crippen LogP contribution in [-0.4, -0.2) is 48.7 Å². The fourth-order valence-electron chi connectivity index (χ4n) is 4.53. The number of benzene rings is 2. The molecule has 0 aliphatic carbocycles. The fourth-order valence-corrected chi connectivity index (χ4v) is 4.53. The number of amides is 3. The summed E-state index contributed by atoms with van der Waals surface area (Å²) in [5, 5.41) is 2.67. The van der Waals surface area contributed by atoms with E-state index in [0.29, 0.717) is 29.7 Å². The van der Waals surface area contributed by atoms with Crippen LogP contribution in [0.25, 0.3) is 0 Å². The minimum Gasteiger partial charge on any atom is -0.453 e. The summed E-state index contributed by atoms with van der Waals surface area (Å²) in [5.41, 5.74) is -2.18. The van der Waals surface area contributed by atoms with Crippen LogP contribution in [0.15, 0.2) is 36.4 Å². The summed E-state index contributed by atoms with van der Waals surface area (Å²) >= 11 is 0. The molecule has 13 heteroatoms. The number of ether oxygens (including phenoxy) is 1. The molecule has 0 bridgehead atoms. The summed E-state index contributed by atoms with van der Waals surface area (Å²) in [7, 11) is 2.46. The number of hydrogen-bond donors (Lipinski definition) is 1. The molecule has 208 valence electrons. The van der Waals surface area contributed by atoms with Gasteiger partial charge >= 0.3 is 24.5 Å². The first-order chi connectivity index (χ1) is 17.6. The number of aryl methyl sites for hydroxylation is 1. The second-order valence-electron chi connectivity index (χ2n) is 9.12. The highest BCUT2D eigenvalue weighted by Crippen LogP contribution is 2.37. The standard InChI is InChI=1S/C25H26F7N3O3/c1-14-8-18(26)4-5-20(14)21-12-19(33-22(36)38-3)6-7-35(21)23(37)34(2)13-15-9-16(24(27,28)29)11-17(10-15)25(30,31)32/h4-5,8-11,19,21H,6-7,12-13H2,1-3H3,(H,33,36)/t19-,21+/m0/s1. The molecule has 2 aromatic rings. The van der Waals surface area contributed by atoms with E-state index in [2.05, 4.69) is 10.1 Å². The van der Waals surface area contributed by atoms with Gasteiger partial charge in [0, 0.05) is 26.2 Å². The van der Waals surface area contributed by atoms with Crippen molar-refractivity contribution in [2.45, 2.75) is 50.7 Å². The Bertz CT molecular complexity index is 1150. The average molecular weight is 549 g/mol. The predicted octanol–water partition coefficient (Wildman–Crippen LogP) is 6.29. The average Bonchev–Trinajstić information content (AvgIpc) is 2.82. The zero-order chi connectivity index (χ0) is 28.4. The molecule has 1 aliphatic heterocycles. The number of urea groups is 1. The van der Waals surface area contributed by atoms with Crippen LogP contribution in [0, 0.1) is 12.7 Å². The maximum atomic E-state index is 13.7. The molecule has 2 atom stereocenters. The minimum absolute atomic E-state index is 0.0255. The normalized spacial score (nSPS) is 18.2. The van der Waals surface area contributed by atoms with Gasteiger partial charge in [-0.05, 0) is 66.8 Å². The van der Waals surface area contributed by atoms with Gasteiger partial charge in [-0.2, -0.15) is 26.3 Å². The Kier molecular flexibility index (Phi) is 8.47. The third kappa shape index (κ3) is 6.87. The monoisotopic (exact) mass is 549 g/mol. The van der Waals surface area contributed by atoms with Gasteiger partial charge in [0.05, 0.1) is 24.3 Å². The molecule has 1 aliphatic rings. The number of hydrogen-bond acceptors (Lipinski definition) is 3. The molecule has 38 heavy (non-hydrogen) atoms. The number of methoxy groups -OCH3 is 1. The lowest BCUT2D eigenvalue weighted by Crippen LogP contribution is -2.51. The molecule has 3 amide bonds. The number of alkyl carbamates (subject to hydrolysis) is 1. The van der Waals surface area contributed by atoms with Crippen molar-refractivity contribution in [3.05, 3.63) is 70.0 Å². The maximum Gasteiger partial charge on any atom is 0.416 e. The molecular weight excluding hydrogens is 523 g/mol. The Morgan fingerprint density at radius 3 is 2.18 bits per heavy atom. The number of rotatable bonds is 4. The highest BCUT2D eigenvalue weighted by atomic mass is 19.4. The first-order valence-corrected chi connectivity index (χ1v) is 11.5. The molecule has 0 radical (unpaired) electrons. The number of nitrogens with one attached hydrogen (secondary N) is 1. The number of nitrogens with zero attached hydrogens (tertiary/aromatic N) is 2. The van der Waals surface area contributed by atoms with Crippen molar-refractivity contribution in [2.24, 2.45) is 0 Å². The molecule has 3 rings (SSSR count). The van der Waals surface area contributed by atoms with E-state index in [4.69, 9.17) is 0 Å². The molecule has 1 N–H and O–H groups in total.